The first-order valence-corrected chi connectivity index (χ1v) is 12.6. The van der Waals surface area contributed by atoms with Gasteiger partial charge in [0.15, 0.2) is 11.5 Å². The number of carboxylic acids is 1. The Hall–Kier alpha value is -4.50. The maximum atomic E-state index is 13.6. The van der Waals surface area contributed by atoms with E-state index in [1.165, 1.54) is 4.90 Å². The molecule has 0 aliphatic carbocycles. The van der Waals surface area contributed by atoms with Crippen LogP contribution in [0, 0.1) is 11.3 Å². The number of nitrogens with two attached hydrogens (primary N) is 1. The van der Waals surface area contributed by atoms with E-state index in [4.69, 9.17) is 15.6 Å². The number of guanidine groups is 1. The molecule has 0 saturated carbocycles. The van der Waals surface area contributed by atoms with E-state index in [0.29, 0.717) is 16.0 Å². The summed E-state index contributed by atoms with van der Waals surface area (Å²) in [6.07, 6.45) is -4.82. The number of carboxylic acid groups (broad SMARTS) is 1. The molecule has 200 valence electrons. The predicted molar refractivity (Wildman–Crippen MR) is 137 cm³/mol. The molecule has 2 aliphatic rings. The molecule has 2 aliphatic heterocycles. The zero-order valence-corrected chi connectivity index (χ0v) is 21.2. The summed E-state index contributed by atoms with van der Waals surface area (Å²) < 4.78 is 45.4. The van der Waals surface area contributed by atoms with Gasteiger partial charge in [-0.3, -0.25) is 13.9 Å². The van der Waals surface area contributed by atoms with Crippen LogP contribution < -0.4 is 5.73 Å². The fourth-order valence-corrected chi connectivity index (χ4v) is 6.25. The second-order valence-electron chi connectivity index (χ2n) is 8.80. The number of carbonyl (C=O) groups excluding carboxylic acids is 1. The van der Waals surface area contributed by atoms with E-state index in [1.807, 2.05) is 60.7 Å². The van der Waals surface area contributed by atoms with Crippen LogP contribution in [0.1, 0.15) is 28.4 Å². The molecular weight excluding hydrogens is 533 g/mol. The van der Waals surface area contributed by atoms with Crippen LogP contribution in [0.4, 0.5) is 13.2 Å². The second kappa shape index (κ2) is 10.3. The van der Waals surface area contributed by atoms with Crippen LogP contribution in [0.3, 0.4) is 0 Å². The Labute approximate surface area is 223 Å². The smallest absolute Gasteiger partial charge is 0.475 e. The molecule has 39 heavy (non-hydrogen) atoms. The molecular formula is C27H21F3N4O4S. The lowest BCUT2D eigenvalue weighted by Gasteiger charge is -2.36. The van der Waals surface area contributed by atoms with Gasteiger partial charge in [0.1, 0.15) is 0 Å². The Bertz CT molecular complexity index is 1550. The number of benzene rings is 3. The summed E-state index contributed by atoms with van der Waals surface area (Å²) in [4.78, 5) is 29.0. The molecule has 0 radical (unpaired) electrons. The lowest BCUT2D eigenvalue weighted by atomic mass is 9.82. The molecule has 2 heterocycles. The van der Waals surface area contributed by atoms with Crippen molar-refractivity contribution >= 4 is 28.6 Å². The van der Waals surface area contributed by atoms with E-state index in [9.17, 15) is 27.4 Å². The van der Waals surface area contributed by atoms with E-state index >= 15 is 0 Å². The number of hydrogen-bond acceptors (Lipinski definition) is 6. The van der Waals surface area contributed by atoms with Gasteiger partial charge in [-0.2, -0.15) is 18.4 Å². The minimum Gasteiger partial charge on any atom is -0.475 e. The zero-order chi connectivity index (χ0) is 28.5. The van der Waals surface area contributed by atoms with Gasteiger partial charge in [0.25, 0.3) is 5.91 Å². The SMILES string of the molecule is CN1C(=O)C2(CC(c3ccccc3)S(=O)c3ccc(-c4cccc(C#N)c4)cc32)N=C1N.O=C(O)C(F)(F)F. The minimum absolute atomic E-state index is 0.150. The summed E-state index contributed by atoms with van der Waals surface area (Å²) in [6, 6.07) is 24.5. The number of alkyl halides is 3. The van der Waals surface area contributed by atoms with Gasteiger partial charge in [-0.15, -0.1) is 0 Å². The van der Waals surface area contributed by atoms with E-state index in [2.05, 4.69) is 11.1 Å². The lowest BCUT2D eigenvalue weighted by molar-refractivity contribution is -0.192. The number of carbonyl (C=O) groups is 2. The van der Waals surface area contributed by atoms with E-state index < -0.39 is 28.5 Å². The molecule has 0 saturated heterocycles. The highest BCUT2D eigenvalue weighted by Crippen LogP contribution is 2.50. The van der Waals surface area contributed by atoms with Crippen molar-refractivity contribution < 1.29 is 32.1 Å². The normalized spacial score (nSPS) is 21.9. The molecule has 3 aromatic carbocycles. The number of aliphatic carboxylic acids is 1. The molecule has 3 atom stereocenters. The van der Waals surface area contributed by atoms with Crippen LogP contribution in [-0.4, -0.2) is 45.3 Å². The number of hydrogen-bond donors (Lipinski definition) is 2. The molecule has 0 aromatic heterocycles. The number of likely N-dealkylation sites (N-methyl/N-ethyl adjacent to an activating group) is 1. The number of nitrogens with zero attached hydrogens (tertiary/aromatic N) is 3. The molecule has 3 N–H and O–H groups in total. The summed E-state index contributed by atoms with van der Waals surface area (Å²) in [5.74, 6) is -2.83. The first kappa shape index (κ1) is 27.5. The standard InChI is InChI=1S/C25H20N4O2S.C2HF3O2/c1-29-23(30)25(28-24(29)27)14-22(17-7-3-2-4-8-17)32(31)21-11-10-19(13-20(21)25)18-9-5-6-16(12-18)15-26;3-2(4,5)1(6)7/h2-13,22H,14H2,1H3,(H2,27,28);(H,6,7). The number of fused-ring (bicyclic) bond motifs is 2. The molecule has 5 rings (SSSR count). The molecule has 0 bridgehead atoms. The van der Waals surface area contributed by atoms with E-state index in [1.54, 1.807) is 19.2 Å². The van der Waals surface area contributed by atoms with Gasteiger partial charge in [-0.25, -0.2) is 9.79 Å². The van der Waals surface area contributed by atoms with Crippen LogP contribution in [0.25, 0.3) is 11.1 Å². The first-order chi connectivity index (χ1) is 18.4. The predicted octanol–water partition coefficient (Wildman–Crippen LogP) is 4.09. The van der Waals surface area contributed by atoms with Gasteiger partial charge in [-0.1, -0.05) is 48.5 Å². The average molecular weight is 555 g/mol. The summed E-state index contributed by atoms with van der Waals surface area (Å²) in [6.45, 7) is 0. The highest BCUT2D eigenvalue weighted by molar-refractivity contribution is 7.85. The summed E-state index contributed by atoms with van der Waals surface area (Å²) in [7, 11) is 0.243. The minimum atomic E-state index is -5.08. The average Bonchev–Trinajstić information content (AvgIpc) is 3.14. The van der Waals surface area contributed by atoms with Crippen LogP contribution in [0.2, 0.25) is 0 Å². The third kappa shape index (κ3) is 5.13. The molecule has 1 spiro atoms. The molecule has 0 fully saturated rings. The monoisotopic (exact) mass is 554 g/mol. The van der Waals surface area contributed by atoms with Gasteiger partial charge < -0.3 is 10.8 Å². The number of rotatable bonds is 2. The molecule has 8 nitrogen and oxygen atoms in total. The molecule has 3 unspecified atom stereocenters. The van der Waals surface area contributed by atoms with Gasteiger partial charge in [0.2, 0.25) is 0 Å². The fourth-order valence-electron chi connectivity index (χ4n) is 4.50. The topological polar surface area (TPSA) is 137 Å². The Morgan fingerprint density at radius 2 is 1.77 bits per heavy atom. The van der Waals surface area contributed by atoms with Crippen LogP contribution >= 0.6 is 0 Å². The van der Waals surface area contributed by atoms with E-state index in [-0.39, 0.29) is 23.5 Å². The van der Waals surface area contributed by atoms with Gasteiger partial charge in [-0.05, 0) is 41.0 Å². The maximum absolute atomic E-state index is 13.6. The van der Waals surface area contributed by atoms with Crippen molar-refractivity contribution in [1.82, 2.24) is 4.90 Å². The van der Waals surface area contributed by atoms with Crippen LogP contribution in [0.15, 0.2) is 82.7 Å². The Morgan fingerprint density at radius 1 is 1.13 bits per heavy atom. The summed E-state index contributed by atoms with van der Waals surface area (Å²) in [5, 5.41) is 16.0. The number of aliphatic imine (C=N–C) groups is 1. The van der Waals surface area contributed by atoms with Crippen molar-refractivity contribution in [2.75, 3.05) is 7.05 Å². The zero-order valence-electron chi connectivity index (χ0n) is 20.3. The van der Waals surface area contributed by atoms with Crippen molar-refractivity contribution in [3.05, 3.63) is 89.5 Å². The third-order valence-corrected chi connectivity index (χ3v) is 8.17. The Kier molecular flexibility index (Phi) is 7.30. The highest BCUT2D eigenvalue weighted by Gasteiger charge is 2.54. The fraction of sp³-hybridized carbons (Fsp3) is 0.185. The van der Waals surface area contributed by atoms with Crippen molar-refractivity contribution in [1.29, 1.82) is 5.26 Å². The highest BCUT2D eigenvalue weighted by atomic mass is 32.2. The summed E-state index contributed by atoms with van der Waals surface area (Å²) >= 11 is 0. The van der Waals surface area contributed by atoms with Crippen molar-refractivity contribution in [2.24, 2.45) is 10.7 Å². The first-order valence-electron chi connectivity index (χ1n) is 11.4. The molecule has 12 heteroatoms. The van der Waals surface area contributed by atoms with E-state index in [0.717, 1.165) is 16.7 Å². The molecule has 3 aromatic rings. The van der Waals surface area contributed by atoms with Crippen molar-refractivity contribution in [3.63, 3.8) is 0 Å². The van der Waals surface area contributed by atoms with Gasteiger partial charge >= 0.3 is 12.1 Å². The van der Waals surface area contributed by atoms with Crippen LogP contribution in [-0.2, 0) is 25.9 Å². The number of halogens is 3. The number of amides is 1. The van der Waals surface area contributed by atoms with Gasteiger partial charge in [0.05, 0.1) is 27.7 Å². The maximum Gasteiger partial charge on any atom is 0.490 e. The number of nitriles is 1. The third-order valence-electron chi connectivity index (χ3n) is 6.43. The quantitative estimate of drug-likeness (QED) is 0.490. The Morgan fingerprint density at radius 3 is 2.33 bits per heavy atom. The summed E-state index contributed by atoms with van der Waals surface area (Å²) in [5.41, 5.74) is 8.57. The molecule has 1 amide bonds. The second-order valence-corrected chi connectivity index (χ2v) is 10.4. The van der Waals surface area contributed by atoms with Gasteiger partial charge in [0, 0.05) is 23.9 Å². The lowest BCUT2D eigenvalue weighted by Crippen LogP contribution is -2.44. The van der Waals surface area contributed by atoms with Crippen LogP contribution in [0.5, 0.6) is 0 Å². The Balaban J connectivity index is 0.000000448. The van der Waals surface area contributed by atoms with Crippen molar-refractivity contribution in [3.8, 4) is 17.2 Å². The van der Waals surface area contributed by atoms with Crippen molar-refractivity contribution in [2.45, 2.75) is 28.3 Å². The largest absolute Gasteiger partial charge is 0.490 e.